The van der Waals surface area contributed by atoms with Crippen molar-refractivity contribution >= 4 is 33.8 Å². The molecule has 43 heavy (non-hydrogen) atoms. The van der Waals surface area contributed by atoms with Crippen molar-refractivity contribution in [2.24, 2.45) is 0 Å². The van der Waals surface area contributed by atoms with Gasteiger partial charge in [-0.1, -0.05) is 6.37 Å². The van der Waals surface area contributed by atoms with Gasteiger partial charge in [-0.05, 0) is 0 Å². The van der Waals surface area contributed by atoms with Crippen molar-refractivity contribution in [3.63, 3.8) is 0 Å². The first kappa shape index (κ1) is 8.99. The van der Waals surface area contributed by atoms with Gasteiger partial charge in [0.05, 0.1) is 0 Å². The third-order valence-electron chi connectivity index (χ3n) is 6.52. The Hall–Kier alpha value is -3.59. The topological polar surface area (TPSA) is 38.7 Å². The van der Waals surface area contributed by atoms with Crippen LogP contribution in [-0.4, -0.2) is 29.9 Å². The molecule has 4 unspecified atom stereocenters. The second-order valence-corrected chi connectivity index (χ2v) is 11.0. The van der Waals surface area contributed by atoms with Crippen LogP contribution in [-0.2, 0) is 0 Å². The van der Waals surface area contributed by atoms with Gasteiger partial charge in [-0.2, -0.15) is 0 Å². The third-order valence-corrected chi connectivity index (χ3v) is 8.66. The van der Waals surface area contributed by atoms with Crippen LogP contribution >= 0.6 is 0 Å². The Balaban J connectivity index is 1.72. The minimum absolute atomic E-state index is 0.185. The van der Waals surface area contributed by atoms with E-state index in [1.54, 1.807) is 0 Å². The number of aromatic nitrogens is 3. The normalized spacial score (nSPS) is 46.8. The monoisotopic (exact) mass is 661 g/mol. The van der Waals surface area contributed by atoms with Gasteiger partial charge in [-0.25, -0.2) is 0 Å². The summed E-state index contributed by atoms with van der Waals surface area (Å²) in [5.74, 6) is -8.62. The van der Waals surface area contributed by atoms with Crippen LogP contribution < -0.4 is 0 Å². The third kappa shape index (κ3) is 4.95. The molecule has 4 heteroatoms. The summed E-state index contributed by atoms with van der Waals surface area (Å²) >= 11 is -1.39. The molecule has 4 aromatic carbocycles. The summed E-state index contributed by atoms with van der Waals surface area (Å²) in [6, 6.07) is -13.4. The van der Waals surface area contributed by atoms with Gasteiger partial charge in [0.2, 0.25) is 0 Å². The predicted octanol–water partition coefficient (Wildman–Crippen LogP) is 10.3. The molecule has 4 atom stereocenters. The fraction of sp³-hybridized carbons (Fsp3) is 0.308. The van der Waals surface area contributed by atoms with E-state index in [9.17, 15) is 13.7 Å². The molecule has 8 rings (SSSR count). The van der Waals surface area contributed by atoms with Crippen molar-refractivity contribution in [1.82, 2.24) is 15.4 Å². The molecule has 2 aromatic heterocycles. The molecule has 6 aromatic rings. The van der Waals surface area contributed by atoms with Crippen molar-refractivity contribution < 1.29 is 46.6 Å². The van der Waals surface area contributed by atoms with Crippen LogP contribution in [0.4, 0.5) is 0 Å². The van der Waals surface area contributed by atoms with Gasteiger partial charge in [0.15, 0.2) is 0 Å². The standard InChI is InChI=1S/C39H37N3Se/c1-4-14-26(15-5-1)35-30(24-25-34-37(35)32-22-12-13-23-33(32)43-34)29-20-10-11-21-31(29)39-36(27-16-6-2-7-17-27)38(40-42-41-39)28-18-8-3-9-19-28/h1,4-5,10-15,20-25,27-28H,2-3,6-9,16-19H2/i1D,2D2,3D2,4D,5D,6D2,7D2,8D2,9D2,10D,11D,12D,13D,14D,15D,16D,17D2,18D,19D2,20D,22D,23D,24D,25D,27D,28D. The van der Waals surface area contributed by atoms with Crippen LogP contribution in [0.5, 0.6) is 0 Å². The van der Waals surface area contributed by atoms with Crippen molar-refractivity contribution in [2.75, 3.05) is 0 Å². The van der Waals surface area contributed by atoms with Gasteiger partial charge in [0.1, 0.15) is 0 Å². The van der Waals surface area contributed by atoms with E-state index >= 15 is 0 Å². The summed E-state index contributed by atoms with van der Waals surface area (Å²) in [6.07, 6.45) is -40.6. The van der Waals surface area contributed by atoms with Gasteiger partial charge in [0.25, 0.3) is 0 Å². The van der Waals surface area contributed by atoms with E-state index in [1.807, 2.05) is 0 Å². The van der Waals surface area contributed by atoms with Crippen molar-refractivity contribution in [3.05, 3.63) is 102 Å². The molecule has 0 bridgehead atoms. The number of hydrogen-bond acceptors (Lipinski definition) is 3. The average Bonchev–Trinajstić information content (AvgIpc) is 3.78. The van der Waals surface area contributed by atoms with E-state index in [0.717, 1.165) is 0 Å². The van der Waals surface area contributed by atoms with Crippen molar-refractivity contribution in [2.45, 2.75) is 75.6 Å². The second kappa shape index (κ2) is 11.8. The molecule has 0 aliphatic heterocycles. The Morgan fingerprint density at radius 1 is 0.674 bits per heavy atom. The molecular formula is C39H37N3Se. The maximum atomic E-state index is 10.1. The summed E-state index contributed by atoms with van der Waals surface area (Å²) in [6.45, 7) is 0. The zero-order valence-electron chi connectivity index (χ0n) is 55.5. The SMILES string of the molecule is [2H]c1cc(-c2nnnc(C3([2H])C([2H])C([2H])([2H])C([2H])([2H])C([2H])([2H])C3([2H])[2H])c2C2([2H])C([2H])C([2H])([2H])C([2H])([2H])C([2H])([2H])C2([2H])[2H])c(-c2c([2H])c([2H])c3[se]c4c([2H])c([2H])c([2H])c([2H])c4c3c2-c2c([2H])c([2H])c([2H])c([2H])c2[2H])c([2H])c1[2H]. The van der Waals surface area contributed by atoms with Crippen molar-refractivity contribution in [1.29, 1.82) is 0 Å². The molecule has 2 saturated carbocycles. The van der Waals surface area contributed by atoms with E-state index < -0.39 is 230 Å². The number of hydrogen-bond donors (Lipinski definition) is 0. The molecule has 2 aliphatic carbocycles. The average molecular weight is 661 g/mol. The Labute approximate surface area is 307 Å². The number of rotatable bonds is 5. The van der Waals surface area contributed by atoms with Crippen LogP contribution in [0.15, 0.2) is 90.7 Å². The van der Waals surface area contributed by atoms with Crippen LogP contribution in [0.25, 0.3) is 52.8 Å². The zero-order valence-corrected chi connectivity index (χ0v) is 23.2. The molecule has 2 fully saturated rings. The maximum absolute atomic E-state index is 10.1. The van der Waals surface area contributed by atoms with Gasteiger partial charge in [-0.15, -0.1) is 0 Å². The second-order valence-electron chi connectivity index (χ2n) is 8.85. The Bertz CT molecular complexity index is 3560. The van der Waals surface area contributed by atoms with Crippen LogP contribution in [0, 0.1) is 0 Å². The molecule has 0 amide bonds. The molecule has 0 spiro atoms. The van der Waals surface area contributed by atoms with Gasteiger partial charge < -0.3 is 0 Å². The first-order valence-corrected chi connectivity index (χ1v) is 14.2. The summed E-state index contributed by atoms with van der Waals surface area (Å²) in [4.78, 5) is 0. The number of fused-ring (bicyclic) bond motifs is 3. The first-order chi connectivity index (χ1) is 34.8. The van der Waals surface area contributed by atoms with E-state index in [2.05, 4.69) is 15.4 Å². The molecule has 0 N–H and O–H groups in total. The summed E-state index contributed by atoms with van der Waals surface area (Å²) in [7, 11) is 0. The van der Waals surface area contributed by atoms with E-state index in [1.165, 1.54) is 0 Å². The quantitative estimate of drug-likeness (QED) is 0.173. The van der Waals surface area contributed by atoms with Crippen molar-refractivity contribution in [3.8, 4) is 33.5 Å². The van der Waals surface area contributed by atoms with Gasteiger partial charge >= 0.3 is 289 Å². The van der Waals surface area contributed by atoms with Crippen LogP contribution in [0.1, 0.15) is 133 Å². The molecule has 3 nitrogen and oxygen atoms in total. The predicted molar refractivity (Wildman–Crippen MR) is 180 cm³/mol. The molecule has 2 heterocycles. The van der Waals surface area contributed by atoms with Crippen LogP contribution in [0.3, 0.4) is 0 Å². The number of benzene rings is 4. The Morgan fingerprint density at radius 2 is 1.44 bits per heavy atom. The fourth-order valence-corrected chi connectivity index (χ4v) is 6.81. The summed E-state index contributed by atoms with van der Waals surface area (Å²) < 4.78 is 305. The molecular weight excluding hydrogens is 589 g/mol. The first-order valence-electron chi connectivity index (χ1n) is 29.6. The summed E-state index contributed by atoms with van der Waals surface area (Å²) in [5, 5.41) is 10.0. The molecule has 2 aliphatic rings. The molecule has 214 valence electrons. The zero-order chi connectivity index (χ0) is 58.7. The fourth-order valence-electron chi connectivity index (χ4n) is 4.77. The van der Waals surface area contributed by atoms with Gasteiger partial charge in [0, 0.05) is 11.0 Å². The molecule has 0 radical (unpaired) electrons. The Morgan fingerprint density at radius 3 is 2.33 bits per heavy atom. The van der Waals surface area contributed by atoms with E-state index in [-0.39, 0.29) is 8.52 Å². The van der Waals surface area contributed by atoms with Crippen LogP contribution in [0.2, 0.25) is 0 Å². The van der Waals surface area contributed by atoms with Gasteiger partial charge in [-0.3, -0.25) is 0 Å². The number of nitrogens with zero attached hydrogens (tertiary/aromatic N) is 3. The Kier molecular flexibility index (Phi) is 2.47. The van der Waals surface area contributed by atoms with E-state index in [0.29, 0.717) is 6.07 Å². The minimum atomic E-state index is -4.46. The summed E-state index contributed by atoms with van der Waals surface area (Å²) in [5.41, 5.74) is -10.1. The van der Waals surface area contributed by atoms with E-state index in [4.69, 9.17) is 32.9 Å². The molecule has 0 saturated heterocycles.